The molecule has 1 aromatic heterocycles. The standard InChI is InChI=1S/C13H20N4O2S/c1-13(2)8-10(18)14-4-6-17(13)9-11(19)16(3)12-15-5-7-20-12/h5,7H,4,6,8-9H2,1-3H3,(H,14,18). The van der Waals surface area contributed by atoms with Gasteiger partial charge in [-0.3, -0.25) is 19.4 Å². The van der Waals surface area contributed by atoms with E-state index in [2.05, 4.69) is 15.2 Å². The molecule has 7 heteroatoms. The maximum Gasteiger partial charge on any atom is 0.242 e. The van der Waals surface area contributed by atoms with Gasteiger partial charge in [-0.25, -0.2) is 4.98 Å². The normalized spacial score (nSPS) is 19.2. The number of carbonyl (C=O) groups is 2. The van der Waals surface area contributed by atoms with Crippen LogP contribution < -0.4 is 10.2 Å². The lowest BCUT2D eigenvalue weighted by atomic mass is 9.98. The molecule has 0 aliphatic carbocycles. The predicted octanol–water partition coefficient (Wildman–Crippen LogP) is 0.706. The summed E-state index contributed by atoms with van der Waals surface area (Å²) in [5, 5.41) is 5.38. The van der Waals surface area contributed by atoms with Crippen molar-refractivity contribution in [1.29, 1.82) is 0 Å². The van der Waals surface area contributed by atoms with Crippen molar-refractivity contribution in [3.8, 4) is 0 Å². The number of nitrogens with zero attached hydrogens (tertiary/aromatic N) is 3. The van der Waals surface area contributed by atoms with Gasteiger partial charge in [-0.05, 0) is 13.8 Å². The first kappa shape index (κ1) is 14.9. The van der Waals surface area contributed by atoms with Crippen LogP contribution in [0.3, 0.4) is 0 Å². The highest BCUT2D eigenvalue weighted by molar-refractivity contribution is 7.13. The number of hydrogen-bond donors (Lipinski definition) is 1. The molecule has 0 saturated carbocycles. The van der Waals surface area contributed by atoms with Crippen molar-refractivity contribution in [3.05, 3.63) is 11.6 Å². The van der Waals surface area contributed by atoms with Crippen molar-refractivity contribution >= 4 is 28.3 Å². The summed E-state index contributed by atoms with van der Waals surface area (Å²) in [7, 11) is 1.73. The Hall–Kier alpha value is -1.47. The van der Waals surface area contributed by atoms with E-state index in [0.717, 1.165) is 0 Å². The number of nitrogens with one attached hydrogen (secondary N) is 1. The molecule has 1 N–H and O–H groups in total. The smallest absolute Gasteiger partial charge is 0.242 e. The molecule has 0 unspecified atom stereocenters. The average Bonchev–Trinajstić information content (AvgIpc) is 2.85. The van der Waals surface area contributed by atoms with Gasteiger partial charge in [0.05, 0.1) is 6.54 Å². The van der Waals surface area contributed by atoms with E-state index in [1.54, 1.807) is 18.1 Å². The molecule has 0 bridgehead atoms. The van der Waals surface area contributed by atoms with E-state index in [9.17, 15) is 9.59 Å². The average molecular weight is 296 g/mol. The van der Waals surface area contributed by atoms with E-state index in [-0.39, 0.29) is 23.9 Å². The summed E-state index contributed by atoms with van der Waals surface area (Å²) in [4.78, 5) is 31.7. The zero-order chi connectivity index (χ0) is 14.8. The molecule has 1 aromatic rings. The van der Waals surface area contributed by atoms with Crippen molar-refractivity contribution in [1.82, 2.24) is 15.2 Å². The predicted molar refractivity (Wildman–Crippen MR) is 78.8 cm³/mol. The monoisotopic (exact) mass is 296 g/mol. The molecular formula is C13H20N4O2S. The Morgan fingerprint density at radius 3 is 3.00 bits per heavy atom. The van der Waals surface area contributed by atoms with E-state index in [0.29, 0.717) is 24.6 Å². The van der Waals surface area contributed by atoms with Gasteiger partial charge in [-0.2, -0.15) is 0 Å². The molecule has 1 saturated heterocycles. The molecule has 0 atom stereocenters. The van der Waals surface area contributed by atoms with E-state index in [1.807, 2.05) is 19.2 Å². The molecular weight excluding hydrogens is 276 g/mol. The van der Waals surface area contributed by atoms with Crippen LogP contribution in [0.5, 0.6) is 0 Å². The van der Waals surface area contributed by atoms with Crippen LogP contribution in [0.4, 0.5) is 5.13 Å². The number of aromatic nitrogens is 1. The van der Waals surface area contributed by atoms with Crippen molar-refractivity contribution in [3.63, 3.8) is 0 Å². The molecule has 2 heterocycles. The Balaban J connectivity index is 2.04. The zero-order valence-electron chi connectivity index (χ0n) is 12.0. The lowest BCUT2D eigenvalue weighted by Crippen LogP contribution is -2.49. The summed E-state index contributed by atoms with van der Waals surface area (Å²) in [6.45, 7) is 5.54. The van der Waals surface area contributed by atoms with Crippen molar-refractivity contribution in [2.24, 2.45) is 0 Å². The van der Waals surface area contributed by atoms with E-state index in [4.69, 9.17) is 0 Å². The quantitative estimate of drug-likeness (QED) is 0.892. The first-order chi connectivity index (χ1) is 9.40. The third-order valence-electron chi connectivity index (χ3n) is 3.56. The van der Waals surface area contributed by atoms with Crippen LogP contribution >= 0.6 is 11.3 Å². The fraction of sp³-hybridized carbons (Fsp3) is 0.615. The highest BCUT2D eigenvalue weighted by atomic mass is 32.1. The number of rotatable bonds is 3. The van der Waals surface area contributed by atoms with E-state index >= 15 is 0 Å². The van der Waals surface area contributed by atoms with Gasteiger partial charge in [-0.1, -0.05) is 0 Å². The van der Waals surface area contributed by atoms with Gasteiger partial charge in [0.15, 0.2) is 5.13 Å². The van der Waals surface area contributed by atoms with Gasteiger partial charge in [0, 0.05) is 43.7 Å². The maximum absolute atomic E-state index is 12.3. The van der Waals surface area contributed by atoms with Crippen LogP contribution in [0.25, 0.3) is 0 Å². The Labute approximate surface area is 122 Å². The van der Waals surface area contributed by atoms with Crippen molar-refractivity contribution in [2.45, 2.75) is 25.8 Å². The Morgan fingerprint density at radius 2 is 2.35 bits per heavy atom. The Kier molecular flexibility index (Phi) is 4.39. The first-order valence-corrected chi connectivity index (χ1v) is 7.46. The SMILES string of the molecule is CN(C(=O)CN1CCNC(=O)CC1(C)C)c1nccs1. The summed E-state index contributed by atoms with van der Waals surface area (Å²) in [5.41, 5.74) is -0.319. The van der Waals surface area contributed by atoms with Crippen molar-refractivity contribution in [2.75, 3.05) is 31.6 Å². The van der Waals surface area contributed by atoms with Gasteiger partial charge in [-0.15, -0.1) is 11.3 Å². The fourth-order valence-electron chi connectivity index (χ4n) is 2.25. The van der Waals surface area contributed by atoms with Gasteiger partial charge < -0.3 is 5.32 Å². The van der Waals surface area contributed by atoms with E-state index in [1.165, 1.54) is 11.3 Å². The minimum Gasteiger partial charge on any atom is -0.355 e. The molecule has 2 rings (SSSR count). The van der Waals surface area contributed by atoms with Crippen LogP contribution in [0, 0.1) is 0 Å². The van der Waals surface area contributed by atoms with Gasteiger partial charge in [0.1, 0.15) is 0 Å². The van der Waals surface area contributed by atoms with Crippen LogP contribution in [0.1, 0.15) is 20.3 Å². The summed E-state index contributed by atoms with van der Waals surface area (Å²) < 4.78 is 0. The van der Waals surface area contributed by atoms with Crippen LogP contribution in [-0.2, 0) is 9.59 Å². The van der Waals surface area contributed by atoms with Crippen LogP contribution in [0.2, 0.25) is 0 Å². The molecule has 2 amide bonds. The second kappa shape index (κ2) is 5.88. The minimum absolute atomic E-state index is 0.0117. The first-order valence-electron chi connectivity index (χ1n) is 6.58. The fourth-order valence-corrected chi connectivity index (χ4v) is 2.88. The third kappa shape index (κ3) is 3.34. The summed E-state index contributed by atoms with van der Waals surface area (Å²) in [6.07, 6.45) is 2.09. The zero-order valence-corrected chi connectivity index (χ0v) is 12.9. The van der Waals surface area contributed by atoms with Gasteiger partial charge in [0.2, 0.25) is 11.8 Å². The van der Waals surface area contributed by atoms with Gasteiger partial charge >= 0.3 is 0 Å². The summed E-state index contributed by atoms with van der Waals surface area (Å²) in [6, 6.07) is 0. The molecule has 0 aromatic carbocycles. The summed E-state index contributed by atoms with van der Waals surface area (Å²) in [5.74, 6) is 0.0283. The number of carbonyl (C=O) groups excluding carboxylic acids is 2. The van der Waals surface area contributed by atoms with E-state index < -0.39 is 0 Å². The van der Waals surface area contributed by atoms with Crippen LogP contribution in [0.15, 0.2) is 11.6 Å². The number of likely N-dealkylation sites (N-methyl/N-ethyl adjacent to an activating group) is 1. The topological polar surface area (TPSA) is 65.5 Å². The second-order valence-corrected chi connectivity index (χ2v) is 6.40. The highest BCUT2D eigenvalue weighted by Gasteiger charge is 2.33. The lowest BCUT2D eigenvalue weighted by molar-refractivity contribution is -0.124. The Morgan fingerprint density at radius 1 is 1.60 bits per heavy atom. The van der Waals surface area contributed by atoms with Crippen molar-refractivity contribution < 1.29 is 9.59 Å². The molecule has 1 aliphatic rings. The second-order valence-electron chi connectivity index (χ2n) is 5.53. The highest BCUT2D eigenvalue weighted by Crippen LogP contribution is 2.22. The summed E-state index contributed by atoms with van der Waals surface area (Å²) >= 11 is 1.43. The number of amides is 2. The van der Waals surface area contributed by atoms with Crippen LogP contribution in [-0.4, -0.2) is 53.9 Å². The molecule has 0 spiro atoms. The number of anilines is 1. The lowest BCUT2D eigenvalue weighted by Gasteiger charge is -2.36. The molecule has 0 radical (unpaired) electrons. The molecule has 1 aliphatic heterocycles. The third-order valence-corrected chi connectivity index (χ3v) is 4.41. The molecule has 1 fully saturated rings. The Bertz CT molecular complexity index is 487. The number of hydrogen-bond acceptors (Lipinski definition) is 5. The maximum atomic E-state index is 12.3. The molecule has 20 heavy (non-hydrogen) atoms. The molecule has 6 nitrogen and oxygen atoms in total. The number of thiazole rings is 1. The van der Waals surface area contributed by atoms with Gasteiger partial charge in [0.25, 0.3) is 0 Å². The minimum atomic E-state index is -0.319. The molecule has 110 valence electrons. The largest absolute Gasteiger partial charge is 0.355 e.